The summed E-state index contributed by atoms with van der Waals surface area (Å²) >= 11 is 0. The quantitative estimate of drug-likeness (QED) is 0.800. The van der Waals surface area contributed by atoms with Crippen molar-refractivity contribution in [1.82, 2.24) is 10.3 Å². The number of rotatable bonds is 5. The molecule has 4 heteroatoms. The molecular formula is C11H19N3O. The molecule has 2 rings (SSSR count). The third kappa shape index (κ3) is 2.31. The smallest absolute Gasteiger partial charge is 0.297 e. The molecule has 4 nitrogen and oxygen atoms in total. The second-order valence-corrected chi connectivity index (χ2v) is 4.34. The Labute approximate surface area is 90.7 Å². The van der Waals surface area contributed by atoms with E-state index in [0.717, 1.165) is 24.2 Å². The van der Waals surface area contributed by atoms with Crippen LogP contribution in [-0.4, -0.2) is 25.1 Å². The van der Waals surface area contributed by atoms with Crippen molar-refractivity contribution < 1.29 is 4.42 Å². The zero-order valence-corrected chi connectivity index (χ0v) is 9.66. The van der Waals surface area contributed by atoms with Crippen molar-refractivity contribution in [2.24, 2.45) is 5.92 Å². The maximum absolute atomic E-state index is 5.45. The fraction of sp³-hybridized carbons (Fsp3) is 0.727. The van der Waals surface area contributed by atoms with Gasteiger partial charge in [0.25, 0.3) is 6.01 Å². The highest BCUT2D eigenvalue weighted by atomic mass is 16.4. The molecule has 1 unspecified atom stereocenters. The lowest BCUT2D eigenvalue weighted by Crippen LogP contribution is -2.30. The molecule has 0 aromatic carbocycles. The van der Waals surface area contributed by atoms with Gasteiger partial charge in [0.1, 0.15) is 6.26 Å². The Morgan fingerprint density at radius 3 is 3.00 bits per heavy atom. The number of aromatic nitrogens is 1. The lowest BCUT2D eigenvalue weighted by Gasteiger charge is -2.22. The first-order valence-corrected chi connectivity index (χ1v) is 5.54. The van der Waals surface area contributed by atoms with Crippen molar-refractivity contribution in [2.75, 3.05) is 19.0 Å². The molecule has 0 aliphatic heterocycles. The van der Waals surface area contributed by atoms with Crippen LogP contribution >= 0.6 is 0 Å². The topological polar surface area (TPSA) is 41.3 Å². The first-order valence-electron chi connectivity index (χ1n) is 5.54. The SMILES string of the molecule is CNCc1coc(N(C)C(C)C2CC2)n1. The number of nitrogens with one attached hydrogen (secondary N) is 1. The van der Waals surface area contributed by atoms with E-state index in [0.29, 0.717) is 6.04 Å². The van der Waals surface area contributed by atoms with E-state index in [9.17, 15) is 0 Å². The van der Waals surface area contributed by atoms with Crippen LogP contribution in [0.5, 0.6) is 0 Å². The Morgan fingerprint density at radius 1 is 1.67 bits per heavy atom. The van der Waals surface area contributed by atoms with Gasteiger partial charge in [-0.2, -0.15) is 4.98 Å². The van der Waals surface area contributed by atoms with Gasteiger partial charge < -0.3 is 14.6 Å². The summed E-state index contributed by atoms with van der Waals surface area (Å²) in [5.74, 6) is 0.828. The number of oxazole rings is 1. The predicted molar refractivity (Wildman–Crippen MR) is 59.9 cm³/mol. The first kappa shape index (κ1) is 10.5. The molecule has 15 heavy (non-hydrogen) atoms. The van der Waals surface area contributed by atoms with Crippen LogP contribution in [0.1, 0.15) is 25.5 Å². The van der Waals surface area contributed by atoms with Crippen LogP contribution in [0.15, 0.2) is 10.7 Å². The summed E-state index contributed by atoms with van der Waals surface area (Å²) in [5, 5.41) is 3.06. The Kier molecular flexibility index (Phi) is 2.95. The Hall–Kier alpha value is -1.03. The first-order chi connectivity index (χ1) is 7.22. The van der Waals surface area contributed by atoms with Crippen LogP contribution in [0.4, 0.5) is 6.01 Å². The maximum atomic E-state index is 5.45. The van der Waals surface area contributed by atoms with Gasteiger partial charge in [0, 0.05) is 19.6 Å². The van der Waals surface area contributed by atoms with Crippen LogP contribution in [-0.2, 0) is 6.54 Å². The van der Waals surface area contributed by atoms with Crippen molar-refractivity contribution >= 4 is 6.01 Å². The van der Waals surface area contributed by atoms with Crippen LogP contribution < -0.4 is 10.2 Å². The van der Waals surface area contributed by atoms with Gasteiger partial charge in [0.2, 0.25) is 0 Å². The summed E-state index contributed by atoms with van der Waals surface area (Å²) in [7, 11) is 3.96. The van der Waals surface area contributed by atoms with Gasteiger partial charge in [-0.05, 0) is 32.7 Å². The molecule has 0 amide bonds. The van der Waals surface area contributed by atoms with E-state index in [4.69, 9.17) is 4.42 Å². The molecule has 1 fully saturated rings. The van der Waals surface area contributed by atoms with E-state index in [-0.39, 0.29) is 0 Å². The van der Waals surface area contributed by atoms with Crippen LogP contribution in [0.25, 0.3) is 0 Å². The van der Waals surface area contributed by atoms with Crippen LogP contribution in [0.2, 0.25) is 0 Å². The van der Waals surface area contributed by atoms with Gasteiger partial charge in [0.15, 0.2) is 0 Å². The predicted octanol–water partition coefficient (Wildman–Crippen LogP) is 1.63. The minimum absolute atomic E-state index is 0.533. The lowest BCUT2D eigenvalue weighted by molar-refractivity contribution is 0.501. The van der Waals surface area contributed by atoms with Gasteiger partial charge in [-0.3, -0.25) is 0 Å². The van der Waals surface area contributed by atoms with Crippen molar-refractivity contribution in [3.63, 3.8) is 0 Å². The maximum Gasteiger partial charge on any atom is 0.297 e. The Balaban J connectivity index is 2.00. The minimum Gasteiger partial charge on any atom is -0.432 e. The number of hydrogen-bond acceptors (Lipinski definition) is 4. The highest BCUT2D eigenvalue weighted by Crippen LogP contribution is 2.35. The number of nitrogens with zero attached hydrogens (tertiary/aromatic N) is 2. The molecule has 0 saturated heterocycles. The minimum atomic E-state index is 0.533. The fourth-order valence-electron chi connectivity index (χ4n) is 1.79. The normalized spacial score (nSPS) is 17.8. The molecule has 0 bridgehead atoms. The summed E-state index contributed by atoms with van der Waals surface area (Å²) in [6.07, 6.45) is 4.41. The van der Waals surface area contributed by atoms with E-state index in [1.54, 1.807) is 6.26 Å². The van der Waals surface area contributed by atoms with Gasteiger partial charge in [-0.1, -0.05) is 0 Å². The number of anilines is 1. The zero-order chi connectivity index (χ0) is 10.8. The molecule has 0 spiro atoms. The van der Waals surface area contributed by atoms with Crippen molar-refractivity contribution in [2.45, 2.75) is 32.4 Å². The van der Waals surface area contributed by atoms with Gasteiger partial charge in [0.05, 0.1) is 5.69 Å². The van der Waals surface area contributed by atoms with Crippen molar-refractivity contribution in [3.8, 4) is 0 Å². The number of hydrogen-bond donors (Lipinski definition) is 1. The molecule has 84 valence electrons. The van der Waals surface area contributed by atoms with E-state index in [1.165, 1.54) is 12.8 Å². The van der Waals surface area contributed by atoms with Crippen molar-refractivity contribution in [1.29, 1.82) is 0 Å². The van der Waals surface area contributed by atoms with E-state index in [2.05, 4.69) is 29.2 Å². The van der Waals surface area contributed by atoms with Gasteiger partial charge in [-0.15, -0.1) is 0 Å². The standard InChI is InChI=1S/C11H19N3O/c1-8(9-4-5-9)14(3)11-13-10(6-12-2)7-15-11/h7-9,12H,4-6H2,1-3H3. The highest BCUT2D eigenvalue weighted by molar-refractivity contribution is 5.28. The fourth-order valence-corrected chi connectivity index (χ4v) is 1.79. The third-order valence-electron chi connectivity index (χ3n) is 3.11. The summed E-state index contributed by atoms with van der Waals surface area (Å²) in [5.41, 5.74) is 0.961. The molecule has 1 saturated carbocycles. The summed E-state index contributed by atoms with van der Waals surface area (Å²) in [6.45, 7) is 2.99. The molecule has 1 N–H and O–H groups in total. The molecule has 1 aliphatic carbocycles. The molecule has 1 aromatic heterocycles. The molecular weight excluding hydrogens is 190 g/mol. The third-order valence-corrected chi connectivity index (χ3v) is 3.11. The second kappa shape index (κ2) is 4.23. The van der Waals surface area contributed by atoms with Crippen LogP contribution in [0, 0.1) is 5.92 Å². The highest BCUT2D eigenvalue weighted by Gasteiger charge is 2.32. The summed E-state index contributed by atoms with van der Waals surface area (Å²) < 4.78 is 5.45. The summed E-state index contributed by atoms with van der Waals surface area (Å²) in [6, 6.07) is 1.27. The van der Waals surface area contributed by atoms with E-state index in [1.807, 2.05) is 7.05 Å². The average Bonchev–Trinajstić information content (AvgIpc) is 2.98. The van der Waals surface area contributed by atoms with Gasteiger partial charge in [-0.25, -0.2) is 0 Å². The summed E-state index contributed by atoms with van der Waals surface area (Å²) in [4.78, 5) is 6.56. The van der Waals surface area contributed by atoms with Gasteiger partial charge >= 0.3 is 0 Å². The zero-order valence-electron chi connectivity index (χ0n) is 9.66. The Morgan fingerprint density at radius 2 is 2.40 bits per heavy atom. The average molecular weight is 209 g/mol. The Bertz CT molecular complexity index is 319. The van der Waals surface area contributed by atoms with E-state index >= 15 is 0 Å². The van der Waals surface area contributed by atoms with Crippen LogP contribution in [0.3, 0.4) is 0 Å². The largest absolute Gasteiger partial charge is 0.432 e. The molecule has 1 heterocycles. The molecule has 0 radical (unpaired) electrons. The second-order valence-electron chi connectivity index (χ2n) is 4.34. The van der Waals surface area contributed by atoms with Crippen molar-refractivity contribution in [3.05, 3.63) is 12.0 Å². The molecule has 1 aromatic rings. The lowest BCUT2D eigenvalue weighted by atomic mass is 10.2. The van der Waals surface area contributed by atoms with E-state index < -0.39 is 0 Å². The monoisotopic (exact) mass is 209 g/mol. The molecule has 1 aliphatic rings. The molecule has 1 atom stereocenters.